The van der Waals surface area contributed by atoms with E-state index in [0.717, 1.165) is 5.82 Å². The van der Waals surface area contributed by atoms with Gasteiger partial charge in [-0.2, -0.15) is 0 Å². The molecule has 0 bridgehead atoms. The number of rotatable bonds is 4. The lowest BCUT2D eigenvalue weighted by atomic mass is 10.2. The first-order valence-corrected chi connectivity index (χ1v) is 9.06. The molecular formula is C11H18N4O3S2. The van der Waals surface area contributed by atoms with Gasteiger partial charge in [-0.3, -0.25) is 4.79 Å². The number of aromatic nitrogens is 3. The van der Waals surface area contributed by atoms with Gasteiger partial charge in [-0.25, -0.2) is 8.42 Å². The van der Waals surface area contributed by atoms with Crippen molar-refractivity contribution in [2.24, 2.45) is 7.05 Å². The molecule has 1 aromatic rings. The fourth-order valence-electron chi connectivity index (χ4n) is 2.03. The zero-order valence-electron chi connectivity index (χ0n) is 11.7. The first kappa shape index (κ1) is 15.3. The van der Waals surface area contributed by atoms with Crippen LogP contribution in [-0.4, -0.2) is 64.3 Å². The first-order valence-electron chi connectivity index (χ1n) is 6.25. The maximum Gasteiger partial charge on any atom is 0.233 e. The molecule has 0 radical (unpaired) electrons. The van der Waals surface area contributed by atoms with E-state index in [9.17, 15) is 13.2 Å². The van der Waals surface area contributed by atoms with Gasteiger partial charge in [0.2, 0.25) is 5.91 Å². The summed E-state index contributed by atoms with van der Waals surface area (Å²) < 4.78 is 24.7. The Bertz CT molecular complexity index is 611. The van der Waals surface area contributed by atoms with Crippen molar-refractivity contribution < 1.29 is 13.2 Å². The molecule has 0 unspecified atom stereocenters. The van der Waals surface area contributed by atoms with Crippen molar-refractivity contribution in [2.45, 2.75) is 24.5 Å². The second-order valence-corrected chi connectivity index (χ2v) is 8.11. The van der Waals surface area contributed by atoms with E-state index in [0.29, 0.717) is 11.6 Å². The van der Waals surface area contributed by atoms with E-state index in [2.05, 4.69) is 10.2 Å². The first-order chi connectivity index (χ1) is 9.30. The second-order valence-electron chi connectivity index (χ2n) is 4.94. The summed E-state index contributed by atoms with van der Waals surface area (Å²) in [5.41, 5.74) is 0. The number of aryl methyl sites for hydroxylation is 1. The summed E-state index contributed by atoms with van der Waals surface area (Å²) >= 11 is 1.31. The number of hydrogen-bond donors (Lipinski definition) is 0. The Labute approximate surface area is 122 Å². The molecule has 1 atom stereocenters. The van der Waals surface area contributed by atoms with Crippen molar-refractivity contribution in [1.82, 2.24) is 19.7 Å². The highest BCUT2D eigenvalue weighted by molar-refractivity contribution is 7.99. The summed E-state index contributed by atoms with van der Waals surface area (Å²) in [6, 6.07) is -0.200. The van der Waals surface area contributed by atoms with Crippen LogP contribution >= 0.6 is 11.8 Å². The van der Waals surface area contributed by atoms with Crippen molar-refractivity contribution in [2.75, 3.05) is 24.3 Å². The molecule has 9 heteroatoms. The lowest BCUT2D eigenvalue weighted by molar-refractivity contribution is -0.128. The summed E-state index contributed by atoms with van der Waals surface area (Å²) in [7, 11) is 0.534. The summed E-state index contributed by atoms with van der Waals surface area (Å²) in [6.45, 7) is 1.84. The van der Waals surface area contributed by atoms with Crippen LogP contribution in [-0.2, 0) is 21.7 Å². The average molecular weight is 318 g/mol. The number of carbonyl (C=O) groups excluding carboxylic acids is 1. The molecule has 1 saturated heterocycles. The molecule has 1 aliphatic rings. The molecule has 2 heterocycles. The SMILES string of the molecule is Cc1nnc(SCC(=O)N(C)[C@H]2CCS(=O)(=O)C2)n1C. The Morgan fingerprint density at radius 1 is 1.50 bits per heavy atom. The van der Waals surface area contributed by atoms with E-state index in [1.807, 2.05) is 18.5 Å². The topological polar surface area (TPSA) is 85.2 Å². The predicted octanol–water partition coefficient (Wildman–Crippen LogP) is -0.139. The van der Waals surface area contributed by atoms with Crippen molar-refractivity contribution in [1.29, 1.82) is 0 Å². The van der Waals surface area contributed by atoms with Crippen LogP contribution in [0.25, 0.3) is 0 Å². The van der Waals surface area contributed by atoms with Crippen molar-refractivity contribution >= 4 is 27.5 Å². The Morgan fingerprint density at radius 2 is 2.20 bits per heavy atom. The minimum absolute atomic E-state index is 0.0724. The number of hydrogen-bond acceptors (Lipinski definition) is 6. The van der Waals surface area contributed by atoms with Gasteiger partial charge in [0.25, 0.3) is 0 Å². The second kappa shape index (κ2) is 5.72. The largest absolute Gasteiger partial charge is 0.341 e. The smallest absolute Gasteiger partial charge is 0.233 e. The van der Waals surface area contributed by atoms with Gasteiger partial charge < -0.3 is 9.47 Å². The standard InChI is InChI=1S/C11H18N4O3S2/c1-8-12-13-11(14(8)2)19-6-10(16)15(3)9-4-5-20(17,18)7-9/h9H,4-7H2,1-3H3/t9-/m0/s1. The minimum Gasteiger partial charge on any atom is -0.341 e. The van der Waals surface area contributed by atoms with Crippen LogP contribution in [0.3, 0.4) is 0 Å². The quantitative estimate of drug-likeness (QED) is 0.719. The molecule has 0 N–H and O–H groups in total. The molecule has 0 spiro atoms. The van der Waals surface area contributed by atoms with Crippen LogP contribution < -0.4 is 0 Å². The summed E-state index contributed by atoms with van der Waals surface area (Å²) in [5.74, 6) is 1.18. The zero-order chi connectivity index (χ0) is 14.9. The van der Waals surface area contributed by atoms with Gasteiger partial charge in [0.15, 0.2) is 15.0 Å². The van der Waals surface area contributed by atoms with E-state index >= 15 is 0 Å². The average Bonchev–Trinajstić information content (AvgIpc) is 2.90. The Hall–Kier alpha value is -1.09. The molecule has 1 aliphatic heterocycles. The highest BCUT2D eigenvalue weighted by atomic mass is 32.2. The van der Waals surface area contributed by atoms with Crippen molar-refractivity contribution in [3.8, 4) is 0 Å². The predicted molar refractivity (Wildman–Crippen MR) is 76.3 cm³/mol. The number of sulfone groups is 1. The molecule has 0 aliphatic carbocycles. The van der Waals surface area contributed by atoms with E-state index in [-0.39, 0.29) is 29.2 Å². The molecule has 0 saturated carbocycles. The fraction of sp³-hybridized carbons (Fsp3) is 0.727. The van der Waals surface area contributed by atoms with Crippen LogP contribution in [0.2, 0.25) is 0 Å². The van der Waals surface area contributed by atoms with E-state index in [4.69, 9.17) is 0 Å². The molecule has 2 rings (SSSR count). The Morgan fingerprint density at radius 3 is 2.70 bits per heavy atom. The zero-order valence-corrected chi connectivity index (χ0v) is 13.4. The summed E-state index contributed by atoms with van der Waals surface area (Å²) in [6.07, 6.45) is 0.526. The van der Waals surface area contributed by atoms with Gasteiger partial charge in [-0.1, -0.05) is 11.8 Å². The lowest BCUT2D eigenvalue weighted by Gasteiger charge is -2.23. The Kier molecular flexibility index (Phi) is 4.38. The summed E-state index contributed by atoms with van der Waals surface area (Å²) in [4.78, 5) is 13.6. The molecule has 7 nitrogen and oxygen atoms in total. The third-order valence-corrected chi connectivity index (χ3v) is 6.28. The third-order valence-electron chi connectivity index (χ3n) is 3.53. The van der Waals surface area contributed by atoms with E-state index in [1.165, 1.54) is 11.8 Å². The molecule has 0 aromatic carbocycles. The van der Waals surface area contributed by atoms with Gasteiger partial charge in [0, 0.05) is 20.1 Å². The van der Waals surface area contributed by atoms with Gasteiger partial charge in [-0.15, -0.1) is 10.2 Å². The number of thioether (sulfide) groups is 1. The number of carbonyl (C=O) groups is 1. The maximum absolute atomic E-state index is 12.1. The molecule has 112 valence electrons. The molecule has 1 amide bonds. The van der Waals surface area contributed by atoms with Gasteiger partial charge in [0.1, 0.15) is 5.82 Å². The third kappa shape index (κ3) is 3.32. The summed E-state index contributed by atoms with van der Waals surface area (Å²) in [5, 5.41) is 8.58. The van der Waals surface area contributed by atoms with Crippen LogP contribution in [0, 0.1) is 6.92 Å². The monoisotopic (exact) mass is 318 g/mol. The van der Waals surface area contributed by atoms with E-state index < -0.39 is 9.84 Å². The van der Waals surface area contributed by atoms with Gasteiger partial charge in [-0.05, 0) is 13.3 Å². The molecule has 1 fully saturated rings. The van der Waals surface area contributed by atoms with Crippen LogP contribution in [0.4, 0.5) is 0 Å². The normalized spacial score (nSPS) is 21.1. The van der Waals surface area contributed by atoms with Crippen LogP contribution in [0.1, 0.15) is 12.2 Å². The van der Waals surface area contributed by atoms with Crippen molar-refractivity contribution in [3.05, 3.63) is 5.82 Å². The molecule has 20 heavy (non-hydrogen) atoms. The highest BCUT2D eigenvalue weighted by Crippen LogP contribution is 2.20. The fourth-order valence-corrected chi connectivity index (χ4v) is 4.68. The minimum atomic E-state index is -2.97. The van der Waals surface area contributed by atoms with Gasteiger partial charge >= 0.3 is 0 Å². The van der Waals surface area contributed by atoms with Crippen LogP contribution in [0.15, 0.2) is 5.16 Å². The van der Waals surface area contributed by atoms with Crippen molar-refractivity contribution in [3.63, 3.8) is 0 Å². The maximum atomic E-state index is 12.1. The number of nitrogens with zero attached hydrogens (tertiary/aromatic N) is 4. The highest BCUT2D eigenvalue weighted by Gasteiger charge is 2.32. The van der Waals surface area contributed by atoms with E-state index in [1.54, 1.807) is 11.9 Å². The van der Waals surface area contributed by atoms with Crippen LogP contribution in [0.5, 0.6) is 0 Å². The Balaban J connectivity index is 1.90. The number of amides is 1. The van der Waals surface area contributed by atoms with Gasteiger partial charge in [0.05, 0.1) is 17.3 Å². The lowest BCUT2D eigenvalue weighted by Crippen LogP contribution is -2.38. The molecular weight excluding hydrogens is 300 g/mol. The molecule has 1 aromatic heterocycles.